The summed E-state index contributed by atoms with van der Waals surface area (Å²) in [6.45, 7) is 2.10. The Bertz CT molecular complexity index is 1330. The van der Waals surface area contributed by atoms with Gasteiger partial charge in [-0.15, -0.1) is 5.10 Å². The molecule has 0 aliphatic carbocycles. The smallest absolute Gasteiger partial charge is 0.281 e. The predicted octanol–water partition coefficient (Wildman–Crippen LogP) is 4.75. The fourth-order valence-electron chi connectivity index (χ4n) is 3.31. The number of rotatable bonds is 5. The van der Waals surface area contributed by atoms with E-state index in [1.807, 2.05) is 24.3 Å². The van der Waals surface area contributed by atoms with Gasteiger partial charge in [-0.2, -0.15) is 4.98 Å². The Kier molecular flexibility index (Phi) is 4.80. The summed E-state index contributed by atoms with van der Waals surface area (Å²) in [5, 5.41) is 12.5. The van der Waals surface area contributed by atoms with Gasteiger partial charge in [0, 0.05) is 23.5 Å². The molecule has 0 aliphatic heterocycles. The minimum absolute atomic E-state index is 0.198. The van der Waals surface area contributed by atoms with E-state index in [2.05, 4.69) is 32.4 Å². The first-order chi connectivity index (χ1) is 15.2. The van der Waals surface area contributed by atoms with Gasteiger partial charge in [-0.3, -0.25) is 4.98 Å². The molecule has 0 spiro atoms. The van der Waals surface area contributed by atoms with Crippen LogP contribution >= 0.6 is 0 Å². The third-order valence-electron chi connectivity index (χ3n) is 4.95. The molecule has 7 nitrogen and oxygen atoms in total. The van der Waals surface area contributed by atoms with Gasteiger partial charge in [0.05, 0.1) is 0 Å². The molecule has 2 aromatic carbocycles. The van der Waals surface area contributed by atoms with E-state index >= 15 is 0 Å². The number of hydrogen-bond acceptors (Lipinski definition) is 6. The van der Waals surface area contributed by atoms with E-state index in [0.29, 0.717) is 17.2 Å². The van der Waals surface area contributed by atoms with Crippen molar-refractivity contribution in [3.05, 3.63) is 84.4 Å². The third-order valence-corrected chi connectivity index (χ3v) is 4.95. The second-order valence-electron chi connectivity index (χ2n) is 6.86. The zero-order valence-electron chi connectivity index (χ0n) is 16.6. The van der Waals surface area contributed by atoms with Crippen LogP contribution in [0.1, 0.15) is 12.5 Å². The van der Waals surface area contributed by atoms with Crippen molar-refractivity contribution >= 4 is 0 Å². The van der Waals surface area contributed by atoms with Crippen LogP contribution in [0.3, 0.4) is 0 Å². The topological polar surface area (TPSA) is 82.5 Å². The molecule has 3 heterocycles. The Hall–Kier alpha value is -4.20. The van der Waals surface area contributed by atoms with Gasteiger partial charge in [0.25, 0.3) is 5.89 Å². The molecule has 0 fully saturated rings. The number of pyridine rings is 1. The molecular formula is C23H17FN6O. The van der Waals surface area contributed by atoms with Gasteiger partial charge in [0.2, 0.25) is 5.82 Å². The van der Waals surface area contributed by atoms with E-state index in [0.717, 1.165) is 17.5 Å². The fraction of sp³-hybridized carbons (Fsp3) is 0.0870. The first-order valence-corrected chi connectivity index (χ1v) is 9.79. The number of hydrogen-bond donors (Lipinski definition) is 0. The lowest BCUT2D eigenvalue weighted by Gasteiger charge is -2.08. The fourth-order valence-corrected chi connectivity index (χ4v) is 3.31. The number of para-hydroxylation sites is 1. The normalized spacial score (nSPS) is 11.0. The van der Waals surface area contributed by atoms with E-state index in [9.17, 15) is 4.39 Å². The van der Waals surface area contributed by atoms with Crippen molar-refractivity contribution in [3.8, 4) is 39.9 Å². The van der Waals surface area contributed by atoms with E-state index < -0.39 is 5.82 Å². The molecule has 0 aliphatic rings. The summed E-state index contributed by atoms with van der Waals surface area (Å²) in [5.74, 6) is 0.222. The summed E-state index contributed by atoms with van der Waals surface area (Å²) in [4.78, 5) is 8.58. The Morgan fingerprint density at radius 3 is 2.45 bits per heavy atom. The molecule has 0 saturated carbocycles. The zero-order chi connectivity index (χ0) is 21.2. The lowest BCUT2D eigenvalue weighted by Crippen LogP contribution is -2.02. The Morgan fingerprint density at radius 2 is 1.71 bits per heavy atom. The van der Waals surface area contributed by atoms with Crippen molar-refractivity contribution < 1.29 is 8.91 Å². The van der Waals surface area contributed by atoms with Gasteiger partial charge < -0.3 is 4.52 Å². The summed E-state index contributed by atoms with van der Waals surface area (Å²) in [6.07, 6.45) is 4.24. The van der Waals surface area contributed by atoms with Crippen LogP contribution in [0, 0.1) is 5.82 Å². The molecule has 5 aromatic rings. The number of benzene rings is 2. The van der Waals surface area contributed by atoms with Crippen LogP contribution in [-0.2, 0) is 6.42 Å². The van der Waals surface area contributed by atoms with Crippen LogP contribution < -0.4 is 0 Å². The number of aromatic nitrogens is 6. The largest absolute Gasteiger partial charge is 0.332 e. The maximum Gasteiger partial charge on any atom is 0.281 e. The summed E-state index contributed by atoms with van der Waals surface area (Å²) >= 11 is 0. The molecule has 0 saturated heterocycles. The van der Waals surface area contributed by atoms with E-state index in [1.165, 1.54) is 16.3 Å². The average molecular weight is 412 g/mol. The van der Waals surface area contributed by atoms with Gasteiger partial charge >= 0.3 is 0 Å². The highest BCUT2D eigenvalue weighted by atomic mass is 19.1. The van der Waals surface area contributed by atoms with Crippen LogP contribution in [0.15, 0.2) is 77.6 Å². The minimum atomic E-state index is -0.420. The van der Waals surface area contributed by atoms with Gasteiger partial charge in [0.15, 0.2) is 5.69 Å². The van der Waals surface area contributed by atoms with Crippen molar-refractivity contribution in [1.29, 1.82) is 0 Å². The molecule has 0 radical (unpaired) electrons. The van der Waals surface area contributed by atoms with Crippen molar-refractivity contribution in [2.45, 2.75) is 13.3 Å². The second-order valence-corrected chi connectivity index (χ2v) is 6.86. The lowest BCUT2D eigenvalue weighted by atomic mass is 10.1. The van der Waals surface area contributed by atoms with E-state index in [1.54, 1.807) is 42.7 Å². The molecule has 0 N–H and O–H groups in total. The van der Waals surface area contributed by atoms with Crippen LogP contribution in [-0.4, -0.2) is 30.1 Å². The Balaban J connectivity index is 1.63. The predicted molar refractivity (Wildman–Crippen MR) is 113 cm³/mol. The van der Waals surface area contributed by atoms with Gasteiger partial charge in [-0.1, -0.05) is 53.7 Å². The number of nitrogens with zero attached hydrogens (tertiary/aromatic N) is 6. The monoisotopic (exact) mass is 412 g/mol. The molecule has 0 unspecified atom stereocenters. The van der Waals surface area contributed by atoms with Crippen molar-refractivity contribution in [1.82, 2.24) is 30.1 Å². The molecule has 0 atom stereocenters. The van der Waals surface area contributed by atoms with Crippen molar-refractivity contribution in [3.63, 3.8) is 0 Å². The van der Waals surface area contributed by atoms with E-state index in [-0.39, 0.29) is 11.6 Å². The second kappa shape index (κ2) is 7.91. The molecule has 0 amide bonds. The molecule has 8 heteroatoms. The standard InChI is InChI=1S/C23H17FN6O/c1-2-15-7-9-17(10-8-15)22-26-23(31-28-22)20-21(16-11-13-25-14-12-16)30(29-27-20)19-6-4-3-5-18(19)24/h3-14H,2H2,1H3. The zero-order valence-corrected chi connectivity index (χ0v) is 16.6. The van der Waals surface area contributed by atoms with Crippen LogP contribution in [0.4, 0.5) is 4.39 Å². The highest BCUT2D eigenvalue weighted by Gasteiger charge is 2.24. The maximum atomic E-state index is 14.5. The van der Waals surface area contributed by atoms with Gasteiger partial charge in [-0.05, 0) is 36.2 Å². The summed E-state index contributed by atoms with van der Waals surface area (Å²) in [6, 6.07) is 17.9. The van der Waals surface area contributed by atoms with Gasteiger partial charge in [0.1, 0.15) is 17.2 Å². The number of aryl methyl sites for hydroxylation is 1. The van der Waals surface area contributed by atoms with Crippen LogP contribution in [0.5, 0.6) is 0 Å². The molecule has 31 heavy (non-hydrogen) atoms. The summed E-state index contributed by atoms with van der Waals surface area (Å²) in [5.41, 5.74) is 3.95. The summed E-state index contributed by atoms with van der Waals surface area (Å²) < 4.78 is 21.5. The SMILES string of the molecule is CCc1ccc(-c2noc(-c3nnn(-c4ccccc4F)c3-c3ccncc3)n2)cc1. The van der Waals surface area contributed by atoms with Crippen LogP contribution in [0.25, 0.3) is 39.9 Å². The Labute approximate surface area is 177 Å². The maximum absolute atomic E-state index is 14.5. The molecule has 152 valence electrons. The third kappa shape index (κ3) is 3.48. The highest BCUT2D eigenvalue weighted by molar-refractivity contribution is 5.76. The van der Waals surface area contributed by atoms with E-state index in [4.69, 9.17) is 4.52 Å². The summed E-state index contributed by atoms with van der Waals surface area (Å²) in [7, 11) is 0. The van der Waals surface area contributed by atoms with Crippen molar-refractivity contribution in [2.75, 3.05) is 0 Å². The highest BCUT2D eigenvalue weighted by Crippen LogP contribution is 2.32. The molecule has 5 rings (SSSR count). The molecule has 0 bridgehead atoms. The quantitative estimate of drug-likeness (QED) is 0.414. The minimum Gasteiger partial charge on any atom is -0.332 e. The van der Waals surface area contributed by atoms with Crippen molar-refractivity contribution in [2.24, 2.45) is 0 Å². The molecule has 3 aromatic heterocycles. The number of halogens is 1. The van der Waals surface area contributed by atoms with Gasteiger partial charge in [-0.25, -0.2) is 9.07 Å². The lowest BCUT2D eigenvalue weighted by molar-refractivity contribution is 0.431. The Morgan fingerprint density at radius 1 is 0.935 bits per heavy atom. The molecular weight excluding hydrogens is 395 g/mol. The average Bonchev–Trinajstić information content (AvgIpc) is 3.47. The first kappa shape index (κ1) is 18.8. The van der Waals surface area contributed by atoms with Crippen LogP contribution in [0.2, 0.25) is 0 Å². The first-order valence-electron chi connectivity index (χ1n) is 9.79.